The Hall–Kier alpha value is -4.79. The molecule has 0 aliphatic carbocycles. The van der Waals surface area contributed by atoms with Crippen molar-refractivity contribution in [1.82, 2.24) is 9.80 Å². The molecule has 0 radical (unpaired) electrons. The van der Waals surface area contributed by atoms with Crippen LogP contribution in [-0.4, -0.2) is 91.1 Å². The number of ether oxygens (including phenoxy) is 2. The van der Waals surface area contributed by atoms with Gasteiger partial charge in [-0.25, -0.2) is 13.6 Å². The number of rotatable bonds is 14. The molecule has 2 saturated heterocycles. The Morgan fingerprint density at radius 3 is 1.74 bits per heavy atom. The second kappa shape index (κ2) is 21.1. The number of likely N-dealkylation sites (tertiary alicyclic amines) is 2. The van der Waals surface area contributed by atoms with E-state index in [1.807, 2.05) is 0 Å². The Morgan fingerprint density at radius 1 is 0.737 bits per heavy atom. The lowest BCUT2D eigenvalue weighted by molar-refractivity contribution is 0.0526. The molecular formula is C42H47Cl2F2N5O6. The number of nitrogens with one attached hydrogen (secondary N) is 1. The Morgan fingerprint density at radius 2 is 1.23 bits per heavy atom. The van der Waals surface area contributed by atoms with E-state index in [1.54, 1.807) is 48.5 Å². The number of aliphatic hydroxyl groups is 1. The van der Waals surface area contributed by atoms with Crippen molar-refractivity contribution in [3.05, 3.63) is 118 Å². The first-order chi connectivity index (χ1) is 27.3. The zero-order valence-corrected chi connectivity index (χ0v) is 32.9. The summed E-state index contributed by atoms with van der Waals surface area (Å²) in [4.78, 5) is 40.5. The van der Waals surface area contributed by atoms with Gasteiger partial charge in [0.25, 0.3) is 0 Å². The average molecular weight is 827 g/mol. The molecule has 6 N–H and O–H groups in total. The summed E-state index contributed by atoms with van der Waals surface area (Å²) in [7, 11) is 0. The third-order valence-corrected chi connectivity index (χ3v) is 10.4. The van der Waals surface area contributed by atoms with E-state index in [4.69, 9.17) is 44.1 Å². The number of carbonyl (C=O) groups excluding carboxylic acids is 3. The van der Waals surface area contributed by atoms with Crippen LogP contribution in [0.4, 0.5) is 25.0 Å². The third-order valence-electron chi connectivity index (χ3n) is 9.91. The Bertz CT molecular complexity index is 1960. The quantitative estimate of drug-likeness (QED) is 0.0754. The van der Waals surface area contributed by atoms with Crippen molar-refractivity contribution in [2.75, 3.05) is 63.5 Å². The van der Waals surface area contributed by atoms with Crippen molar-refractivity contribution in [2.45, 2.75) is 31.8 Å². The van der Waals surface area contributed by atoms with Crippen LogP contribution >= 0.6 is 23.2 Å². The number of ketones is 2. The van der Waals surface area contributed by atoms with Crippen LogP contribution in [0.5, 0.6) is 11.5 Å². The summed E-state index contributed by atoms with van der Waals surface area (Å²) in [6.45, 7) is 4.71. The minimum absolute atomic E-state index is 0.0414. The minimum Gasteiger partial charge on any atom is -0.490 e. The maximum absolute atomic E-state index is 13.0. The van der Waals surface area contributed by atoms with Gasteiger partial charge in [0.15, 0.2) is 11.6 Å². The van der Waals surface area contributed by atoms with E-state index in [2.05, 4.69) is 15.1 Å². The van der Waals surface area contributed by atoms with Gasteiger partial charge in [-0.15, -0.1) is 0 Å². The van der Waals surface area contributed by atoms with Crippen molar-refractivity contribution >= 4 is 52.2 Å². The van der Waals surface area contributed by atoms with Crippen LogP contribution in [0.15, 0.2) is 84.9 Å². The van der Waals surface area contributed by atoms with Gasteiger partial charge in [-0.1, -0.05) is 23.2 Å². The normalized spacial score (nSPS) is 15.9. The van der Waals surface area contributed by atoms with Crippen LogP contribution in [0.1, 0.15) is 46.4 Å². The molecule has 2 fully saturated rings. The predicted molar refractivity (Wildman–Crippen MR) is 217 cm³/mol. The maximum atomic E-state index is 13.0. The first-order valence-electron chi connectivity index (χ1n) is 18.7. The fourth-order valence-electron chi connectivity index (χ4n) is 6.83. The molecule has 2 aliphatic rings. The molecule has 0 aromatic heterocycles. The molecule has 304 valence electrons. The number of carbonyl (C=O) groups is 3. The maximum Gasteiger partial charge on any atom is 0.316 e. The smallest absolute Gasteiger partial charge is 0.316 e. The molecule has 0 saturated carbocycles. The number of nitrogen functional groups attached to an aromatic ring is 1. The molecule has 2 aliphatic heterocycles. The van der Waals surface area contributed by atoms with E-state index in [-0.39, 0.29) is 41.6 Å². The lowest BCUT2D eigenvalue weighted by Crippen LogP contribution is -2.42. The van der Waals surface area contributed by atoms with E-state index in [0.29, 0.717) is 76.6 Å². The van der Waals surface area contributed by atoms with Gasteiger partial charge in [0.1, 0.15) is 42.5 Å². The summed E-state index contributed by atoms with van der Waals surface area (Å²) in [6.07, 6.45) is 2.28. The van der Waals surface area contributed by atoms with Crippen molar-refractivity contribution in [2.24, 2.45) is 17.6 Å². The van der Waals surface area contributed by atoms with Crippen LogP contribution in [0.25, 0.3) is 0 Å². The average Bonchev–Trinajstić information content (AvgIpc) is 3.19. The number of hydrogen-bond acceptors (Lipinski definition) is 9. The lowest BCUT2D eigenvalue weighted by atomic mass is 9.89. The molecule has 6 rings (SSSR count). The molecule has 2 amide bonds. The summed E-state index contributed by atoms with van der Waals surface area (Å²) in [5.41, 5.74) is 13.0. The number of benzene rings is 4. The Balaban J connectivity index is 0.000000218. The number of aliphatic hydroxyl groups excluding tert-OH is 1. The van der Waals surface area contributed by atoms with E-state index < -0.39 is 12.1 Å². The van der Waals surface area contributed by atoms with E-state index in [1.165, 1.54) is 36.4 Å². The number of anilines is 2. The number of β-amino-alcohol motifs (C(OH)–C–C–N with tert-alkyl or cyclic N) is 1. The second-order valence-corrected chi connectivity index (χ2v) is 14.9. The summed E-state index contributed by atoms with van der Waals surface area (Å²) in [5, 5.41) is 13.7. The van der Waals surface area contributed by atoms with Crippen molar-refractivity contribution in [3.8, 4) is 11.5 Å². The summed E-state index contributed by atoms with van der Waals surface area (Å²) >= 11 is 11.8. The largest absolute Gasteiger partial charge is 0.490 e. The number of hydrogen-bond donors (Lipinski definition) is 4. The van der Waals surface area contributed by atoms with Crippen LogP contribution in [-0.2, 0) is 0 Å². The number of nitrogens with two attached hydrogens (primary N) is 2. The lowest BCUT2D eigenvalue weighted by Gasteiger charge is -2.32. The molecule has 0 bridgehead atoms. The van der Waals surface area contributed by atoms with Gasteiger partial charge in [-0.3, -0.25) is 14.5 Å². The van der Waals surface area contributed by atoms with Gasteiger partial charge in [0.05, 0.1) is 11.4 Å². The van der Waals surface area contributed by atoms with Gasteiger partial charge in [-0.05, 0) is 137 Å². The number of Topliss-reactive ketones (excluding diaryl/α,β-unsaturated/α-hetero) is 2. The molecule has 4 aromatic rings. The SMILES string of the molecule is NC(=O)Nc1cc(Cl)ccc1OCCN1CCC(C(=O)c2ccc(F)cc2)CC1.Nc1cc(Cl)ccc1OCC(O)CN1CCC(C(=O)c2ccc(F)cc2)CC1. The van der Waals surface area contributed by atoms with Crippen LogP contribution in [0.2, 0.25) is 10.0 Å². The third kappa shape index (κ3) is 13.4. The van der Waals surface area contributed by atoms with Gasteiger partial charge >= 0.3 is 6.03 Å². The molecule has 15 heteroatoms. The van der Waals surface area contributed by atoms with Gasteiger partial charge in [0, 0.05) is 46.1 Å². The molecule has 57 heavy (non-hydrogen) atoms. The highest BCUT2D eigenvalue weighted by atomic mass is 35.5. The molecule has 1 unspecified atom stereocenters. The molecule has 11 nitrogen and oxygen atoms in total. The first-order valence-corrected chi connectivity index (χ1v) is 19.5. The van der Waals surface area contributed by atoms with Crippen molar-refractivity contribution < 1.29 is 37.7 Å². The van der Waals surface area contributed by atoms with Crippen LogP contribution in [0.3, 0.4) is 0 Å². The fourth-order valence-corrected chi connectivity index (χ4v) is 7.18. The highest BCUT2D eigenvalue weighted by Gasteiger charge is 2.28. The van der Waals surface area contributed by atoms with E-state index >= 15 is 0 Å². The monoisotopic (exact) mass is 825 g/mol. The van der Waals surface area contributed by atoms with E-state index in [0.717, 1.165) is 39.0 Å². The van der Waals surface area contributed by atoms with Crippen LogP contribution in [0, 0.1) is 23.5 Å². The van der Waals surface area contributed by atoms with Gasteiger partial charge in [-0.2, -0.15) is 0 Å². The predicted octanol–water partition coefficient (Wildman–Crippen LogP) is 7.34. The number of halogens is 4. The number of piperidine rings is 2. The van der Waals surface area contributed by atoms with Crippen molar-refractivity contribution in [3.63, 3.8) is 0 Å². The highest BCUT2D eigenvalue weighted by Crippen LogP contribution is 2.29. The highest BCUT2D eigenvalue weighted by molar-refractivity contribution is 6.31. The topological polar surface area (TPSA) is 160 Å². The first kappa shape index (κ1) is 43.3. The minimum atomic E-state index is -0.690. The van der Waals surface area contributed by atoms with Gasteiger partial charge < -0.3 is 36.3 Å². The van der Waals surface area contributed by atoms with Crippen LogP contribution < -0.4 is 26.3 Å². The molecule has 2 heterocycles. The Kier molecular flexibility index (Phi) is 16.0. The molecule has 1 atom stereocenters. The molecule has 0 spiro atoms. The summed E-state index contributed by atoms with van der Waals surface area (Å²) in [5.74, 6) is 0.325. The number of primary amides is 1. The van der Waals surface area contributed by atoms with Gasteiger partial charge in [0.2, 0.25) is 0 Å². The van der Waals surface area contributed by atoms with E-state index in [9.17, 15) is 28.3 Å². The number of urea groups is 1. The molecule has 4 aromatic carbocycles. The number of nitrogens with zero attached hydrogens (tertiary/aromatic N) is 2. The Labute approximate surface area is 340 Å². The molecular weight excluding hydrogens is 779 g/mol. The van der Waals surface area contributed by atoms with Crippen molar-refractivity contribution in [1.29, 1.82) is 0 Å². The standard InChI is InChI=1S/C21H23ClFN3O3.C21H24ClFN2O3/c22-16-3-6-19(18(13-16)25-21(24)28)29-12-11-26-9-7-15(8-10-26)20(27)14-1-4-17(23)5-2-14;22-16-3-6-20(19(24)11-16)28-13-18(26)12-25-9-7-15(8-10-25)21(27)14-1-4-17(23)5-2-14/h1-6,13,15H,7-12H2,(H3,24,25,28);1-6,11,15,18,26H,7-10,12-13,24H2. The number of amides is 2. The zero-order chi connectivity index (χ0) is 40.9. The zero-order valence-electron chi connectivity index (χ0n) is 31.3. The summed E-state index contributed by atoms with van der Waals surface area (Å²) < 4.78 is 37.4. The summed E-state index contributed by atoms with van der Waals surface area (Å²) in [6, 6.07) is 20.6. The second-order valence-electron chi connectivity index (χ2n) is 14.1. The fraction of sp³-hybridized carbons (Fsp3) is 0.357.